The smallest absolute Gasteiger partial charge is 0.254 e. The monoisotopic (exact) mass is 266 g/mol. The third-order valence-electron chi connectivity index (χ3n) is 3.41. The second-order valence-electron chi connectivity index (χ2n) is 4.85. The van der Waals surface area contributed by atoms with Crippen LogP contribution in [-0.4, -0.2) is 36.9 Å². The van der Waals surface area contributed by atoms with Crippen LogP contribution in [0, 0.1) is 0 Å². The molecule has 1 aliphatic carbocycles. The minimum absolute atomic E-state index is 0.0405. The third kappa shape index (κ3) is 4.14. The van der Waals surface area contributed by atoms with Crippen molar-refractivity contribution >= 4 is 0 Å². The van der Waals surface area contributed by atoms with Gasteiger partial charge in [0.25, 0.3) is 5.56 Å². The number of methoxy groups -OCH3 is 1. The fourth-order valence-corrected chi connectivity index (χ4v) is 2.36. The summed E-state index contributed by atoms with van der Waals surface area (Å²) in [6.07, 6.45) is 5.85. The molecule has 5 heteroatoms. The van der Waals surface area contributed by atoms with Crippen LogP contribution in [0.2, 0.25) is 0 Å². The van der Waals surface area contributed by atoms with Gasteiger partial charge in [-0.3, -0.25) is 4.79 Å². The van der Waals surface area contributed by atoms with Crippen LogP contribution < -0.4 is 5.56 Å². The lowest BCUT2D eigenvalue weighted by Crippen LogP contribution is -2.20. The molecule has 19 heavy (non-hydrogen) atoms. The van der Waals surface area contributed by atoms with E-state index < -0.39 is 0 Å². The predicted octanol–water partition coefficient (Wildman–Crippen LogP) is 1.24. The van der Waals surface area contributed by atoms with Gasteiger partial charge in [-0.05, 0) is 25.7 Å². The van der Waals surface area contributed by atoms with E-state index in [-0.39, 0.29) is 5.56 Å². The number of ether oxygens (including phenoxy) is 2. The van der Waals surface area contributed by atoms with Crippen molar-refractivity contribution in [3.63, 3.8) is 0 Å². The van der Waals surface area contributed by atoms with E-state index in [0.717, 1.165) is 42.8 Å². The predicted molar refractivity (Wildman–Crippen MR) is 72.5 cm³/mol. The molecule has 1 aliphatic rings. The first-order valence-corrected chi connectivity index (χ1v) is 6.99. The average Bonchev–Trinajstić information content (AvgIpc) is 2.64. The number of nitrogens with one attached hydrogen (secondary N) is 1. The van der Waals surface area contributed by atoms with Crippen LogP contribution in [-0.2, 0) is 28.7 Å². The Morgan fingerprint density at radius 2 is 2.00 bits per heavy atom. The zero-order valence-electron chi connectivity index (χ0n) is 11.5. The Morgan fingerprint density at radius 3 is 2.84 bits per heavy atom. The quantitative estimate of drug-likeness (QED) is 0.621. The Balaban J connectivity index is 1.96. The Hall–Kier alpha value is -1.20. The summed E-state index contributed by atoms with van der Waals surface area (Å²) in [5.74, 6) is 0.739. The maximum atomic E-state index is 12.0. The van der Waals surface area contributed by atoms with Gasteiger partial charge in [-0.1, -0.05) is 6.42 Å². The highest BCUT2D eigenvalue weighted by Gasteiger charge is 2.14. The molecule has 2 rings (SSSR count). The number of aromatic nitrogens is 2. The van der Waals surface area contributed by atoms with Gasteiger partial charge in [-0.15, -0.1) is 0 Å². The van der Waals surface area contributed by atoms with Crippen LogP contribution in [0.1, 0.15) is 36.3 Å². The fraction of sp³-hybridized carbons (Fsp3) is 0.714. The van der Waals surface area contributed by atoms with E-state index in [2.05, 4.69) is 9.97 Å². The summed E-state index contributed by atoms with van der Waals surface area (Å²) in [6.45, 7) is 1.73. The molecule has 1 N–H and O–H groups in total. The second-order valence-corrected chi connectivity index (χ2v) is 4.85. The van der Waals surface area contributed by atoms with E-state index in [1.165, 1.54) is 6.42 Å². The molecule has 0 saturated carbocycles. The van der Waals surface area contributed by atoms with Crippen molar-refractivity contribution < 1.29 is 9.47 Å². The number of aryl methyl sites for hydroxylation is 1. The van der Waals surface area contributed by atoms with Crippen LogP contribution in [0.4, 0.5) is 0 Å². The van der Waals surface area contributed by atoms with Crippen molar-refractivity contribution in [2.75, 3.05) is 26.9 Å². The van der Waals surface area contributed by atoms with E-state index in [9.17, 15) is 4.79 Å². The first kappa shape index (κ1) is 14.2. The van der Waals surface area contributed by atoms with Crippen molar-refractivity contribution in [2.45, 2.75) is 38.5 Å². The SMILES string of the molecule is COCCOCCc1nc2c(c(=O)[nH]1)CCCCC2. The highest BCUT2D eigenvalue weighted by atomic mass is 16.5. The molecule has 1 aromatic heterocycles. The Bertz CT molecular complexity index is 456. The van der Waals surface area contributed by atoms with Crippen LogP contribution in [0.5, 0.6) is 0 Å². The van der Waals surface area contributed by atoms with Crippen molar-refractivity contribution in [2.24, 2.45) is 0 Å². The summed E-state index contributed by atoms with van der Waals surface area (Å²) >= 11 is 0. The minimum Gasteiger partial charge on any atom is -0.382 e. The minimum atomic E-state index is 0.0405. The molecule has 1 heterocycles. The van der Waals surface area contributed by atoms with Gasteiger partial charge in [0, 0.05) is 19.1 Å². The molecule has 0 spiro atoms. The highest BCUT2D eigenvalue weighted by molar-refractivity contribution is 5.19. The van der Waals surface area contributed by atoms with Gasteiger partial charge >= 0.3 is 0 Å². The topological polar surface area (TPSA) is 64.2 Å². The summed E-state index contributed by atoms with van der Waals surface area (Å²) in [7, 11) is 1.65. The van der Waals surface area contributed by atoms with Crippen LogP contribution in [0.15, 0.2) is 4.79 Å². The van der Waals surface area contributed by atoms with Crippen LogP contribution in [0.3, 0.4) is 0 Å². The Morgan fingerprint density at radius 1 is 1.16 bits per heavy atom. The molecule has 0 unspecified atom stereocenters. The van der Waals surface area contributed by atoms with Crippen LogP contribution in [0.25, 0.3) is 0 Å². The first-order chi connectivity index (χ1) is 9.31. The molecule has 0 atom stereocenters. The second kappa shape index (κ2) is 7.40. The van der Waals surface area contributed by atoms with E-state index in [4.69, 9.17) is 9.47 Å². The fourth-order valence-electron chi connectivity index (χ4n) is 2.36. The number of rotatable bonds is 6. The molecule has 0 aromatic carbocycles. The molecular weight excluding hydrogens is 244 g/mol. The zero-order chi connectivity index (χ0) is 13.5. The van der Waals surface area contributed by atoms with Gasteiger partial charge in [0.2, 0.25) is 0 Å². The average molecular weight is 266 g/mol. The molecule has 0 radical (unpaired) electrons. The molecule has 5 nitrogen and oxygen atoms in total. The van der Waals surface area contributed by atoms with E-state index >= 15 is 0 Å². The molecule has 1 aromatic rings. The number of hydrogen-bond donors (Lipinski definition) is 1. The maximum Gasteiger partial charge on any atom is 0.254 e. The zero-order valence-corrected chi connectivity index (χ0v) is 11.5. The Kier molecular flexibility index (Phi) is 5.54. The number of H-pyrrole nitrogens is 1. The third-order valence-corrected chi connectivity index (χ3v) is 3.41. The van der Waals surface area contributed by atoms with Crippen LogP contribution >= 0.6 is 0 Å². The Labute approximate surface area is 113 Å². The summed E-state index contributed by atoms with van der Waals surface area (Å²) in [5, 5.41) is 0. The number of fused-ring (bicyclic) bond motifs is 1. The molecule has 0 amide bonds. The van der Waals surface area contributed by atoms with Crippen molar-refractivity contribution in [1.29, 1.82) is 0 Å². The molecule has 0 aliphatic heterocycles. The van der Waals surface area contributed by atoms with Crippen molar-refractivity contribution in [1.82, 2.24) is 9.97 Å². The first-order valence-electron chi connectivity index (χ1n) is 6.99. The number of aromatic amines is 1. The number of hydrogen-bond acceptors (Lipinski definition) is 4. The van der Waals surface area contributed by atoms with E-state index in [1.807, 2.05) is 0 Å². The molecule has 0 saturated heterocycles. The van der Waals surface area contributed by atoms with Gasteiger partial charge in [-0.2, -0.15) is 0 Å². The summed E-state index contributed by atoms with van der Waals surface area (Å²) in [4.78, 5) is 19.5. The van der Waals surface area contributed by atoms with Gasteiger partial charge in [0.15, 0.2) is 0 Å². The number of nitrogens with zero attached hydrogens (tertiary/aromatic N) is 1. The summed E-state index contributed by atoms with van der Waals surface area (Å²) in [6, 6.07) is 0. The van der Waals surface area contributed by atoms with Gasteiger partial charge in [0.1, 0.15) is 5.82 Å². The highest BCUT2D eigenvalue weighted by Crippen LogP contribution is 2.15. The lowest BCUT2D eigenvalue weighted by molar-refractivity contribution is 0.0716. The standard InChI is InChI=1S/C14H22N2O3/c1-18-9-10-19-8-7-13-15-12-6-4-2-3-5-11(12)14(17)16-13/h2-10H2,1H3,(H,15,16,17). The summed E-state index contributed by atoms with van der Waals surface area (Å²) in [5.41, 5.74) is 1.92. The lowest BCUT2D eigenvalue weighted by Gasteiger charge is -2.07. The van der Waals surface area contributed by atoms with Gasteiger partial charge < -0.3 is 14.5 Å². The molecule has 106 valence electrons. The van der Waals surface area contributed by atoms with Crippen molar-refractivity contribution in [3.8, 4) is 0 Å². The normalized spacial score (nSPS) is 15.0. The van der Waals surface area contributed by atoms with Crippen molar-refractivity contribution in [3.05, 3.63) is 27.4 Å². The summed E-state index contributed by atoms with van der Waals surface area (Å²) < 4.78 is 10.3. The van der Waals surface area contributed by atoms with Gasteiger partial charge in [0.05, 0.1) is 25.5 Å². The maximum absolute atomic E-state index is 12.0. The lowest BCUT2D eigenvalue weighted by atomic mass is 10.1. The van der Waals surface area contributed by atoms with E-state index in [0.29, 0.717) is 26.2 Å². The molecular formula is C14H22N2O3. The molecule has 0 bridgehead atoms. The van der Waals surface area contributed by atoms with Gasteiger partial charge in [-0.25, -0.2) is 4.98 Å². The van der Waals surface area contributed by atoms with E-state index in [1.54, 1.807) is 7.11 Å². The molecule has 0 fully saturated rings. The largest absolute Gasteiger partial charge is 0.382 e.